The molecule has 17 heteroatoms. The number of rotatable bonds is 21. The Hall–Kier alpha value is -2.08. The molecule has 0 aromatic heterocycles. The van der Waals surface area contributed by atoms with Gasteiger partial charge in [0.25, 0.3) is 0 Å². The van der Waals surface area contributed by atoms with Gasteiger partial charge in [-0.25, -0.2) is 4.57 Å². The molecule has 2 aliphatic rings. The molecule has 1 unspecified atom stereocenters. The van der Waals surface area contributed by atoms with Crippen LogP contribution in [0.2, 0.25) is 0 Å². The van der Waals surface area contributed by atoms with Gasteiger partial charge in [0, 0.05) is 31.1 Å². The van der Waals surface area contributed by atoms with Crippen LogP contribution in [0.1, 0.15) is 162 Å². The van der Waals surface area contributed by atoms with Crippen molar-refractivity contribution in [3.8, 4) is 0 Å². The number of hydrogen-bond acceptors (Lipinski definition) is 15. The van der Waals surface area contributed by atoms with Gasteiger partial charge in [-0.1, -0.05) is 134 Å². The minimum absolute atomic E-state index is 0.0289. The predicted octanol–water partition coefficient (Wildman–Crippen LogP) is 5.42. The largest absolute Gasteiger partial charge is 0.472 e. The lowest BCUT2D eigenvalue weighted by atomic mass is 9.84. The molecule has 2 bridgehead atoms. The van der Waals surface area contributed by atoms with Crippen LogP contribution in [-0.4, -0.2) is 127 Å². The highest BCUT2D eigenvalue weighted by Crippen LogP contribution is 2.47. The Morgan fingerprint density at radius 3 is 2.00 bits per heavy atom. The molecule has 360 valence electrons. The predicted molar refractivity (Wildman–Crippen MR) is 231 cm³/mol. The van der Waals surface area contributed by atoms with Crippen LogP contribution < -0.4 is 0 Å². The molecule has 16 nitrogen and oxygen atoms in total. The molecule has 0 amide bonds. The summed E-state index contributed by atoms with van der Waals surface area (Å²) in [5.41, 5.74) is 0. The van der Waals surface area contributed by atoms with Crippen LogP contribution >= 0.6 is 7.82 Å². The number of esters is 2. The van der Waals surface area contributed by atoms with E-state index in [2.05, 4.69) is 6.92 Å². The lowest BCUT2D eigenvalue weighted by Gasteiger charge is -2.36. The van der Waals surface area contributed by atoms with Gasteiger partial charge in [0.15, 0.2) is 6.10 Å². The van der Waals surface area contributed by atoms with Crippen molar-refractivity contribution in [3.63, 3.8) is 0 Å². The maximum absolute atomic E-state index is 13.6. The number of carbonyl (C=O) groups is 3. The fourth-order valence-electron chi connectivity index (χ4n) is 7.76. The van der Waals surface area contributed by atoms with Crippen molar-refractivity contribution in [3.05, 3.63) is 24.3 Å². The number of aliphatic hydroxyl groups is 7. The molecule has 12 atom stereocenters. The van der Waals surface area contributed by atoms with Crippen molar-refractivity contribution >= 4 is 25.5 Å². The van der Waals surface area contributed by atoms with Gasteiger partial charge in [0.2, 0.25) is 0 Å². The average molecular weight is 907 g/mol. The number of carbonyl (C=O) groups excluding carboxylic acids is 3. The Labute approximate surface area is 368 Å². The van der Waals surface area contributed by atoms with E-state index >= 15 is 0 Å². The van der Waals surface area contributed by atoms with E-state index in [1.165, 1.54) is 69.6 Å². The molecule has 1 saturated carbocycles. The van der Waals surface area contributed by atoms with Crippen LogP contribution in [0.3, 0.4) is 0 Å². The van der Waals surface area contributed by atoms with Gasteiger partial charge in [-0.3, -0.25) is 23.4 Å². The van der Waals surface area contributed by atoms with Crippen molar-refractivity contribution in [1.82, 2.24) is 0 Å². The standard InChI is InChI=1S/C45H79O16P/c1-3-5-7-8-9-10-11-12-13-14-15-16-22-26-39(50)60-33-30-58-38(49)25-21-18-17-20-24-34-36(47)29-37(48)35(28-27-32(46)23-19-6-4-2)41(52)43(54)45(44(55)42(53)40(34)51)61-62(56,57)59-31-33/h17,20,27-28,32-35,37,40-46,48,51-55H,3-16,18-19,21-26,29-31H2,1-2H3,(H,56,57)/b20-17-,28-27+/t32-,33+,34-,35-,37+,40+,41+,42-,43+,44+,45+/m0/s1. The lowest BCUT2D eigenvalue weighted by Crippen LogP contribution is -2.55. The Morgan fingerprint density at radius 2 is 1.37 bits per heavy atom. The Kier molecular flexibility index (Phi) is 28.7. The number of Topliss-reactive ketones (excluding diaryl/α,β-unsaturated/α-hetero) is 1. The van der Waals surface area contributed by atoms with Crippen LogP contribution in [0, 0.1) is 11.8 Å². The minimum atomic E-state index is -5.45. The normalized spacial score (nSPS) is 32.4. The highest BCUT2D eigenvalue weighted by Gasteiger charge is 2.49. The molecule has 1 heterocycles. The summed E-state index contributed by atoms with van der Waals surface area (Å²) in [6, 6.07) is 0. The molecule has 1 aliphatic carbocycles. The third kappa shape index (κ3) is 22.2. The summed E-state index contributed by atoms with van der Waals surface area (Å²) in [4.78, 5) is 50.0. The van der Waals surface area contributed by atoms with Gasteiger partial charge < -0.3 is 50.1 Å². The second-order valence-electron chi connectivity index (χ2n) is 17.0. The van der Waals surface area contributed by atoms with Gasteiger partial charge in [0.05, 0.1) is 31.0 Å². The van der Waals surface area contributed by atoms with E-state index in [0.717, 1.165) is 38.5 Å². The molecule has 0 radical (unpaired) electrons. The number of cyclic esters (lactones) is 1. The SMILES string of the molecule is CCCCCCCCCCCCCCCC(=O)O[C@@H]1COC(=O)CCC/C=C\C[C@H]2C(=O)C[C@@H](O)[C@H](/C=C/[C@@H](O)CCCCC)[C@@H](O)[C@@H](O)[C@@H](OP(=O)(O)OC1)[C@H](O)[C@@H](O)[C@@H]2O. The van der Waals surface area contributed by atoms with E-state index in [4.69, 9.17) is 18.5 Å². The van der Waals surface area contributed by atoms with E-state index in [-0.39, 0.29) is 19.3 Å². The van der Waals surface area contributed by atoms with Crippen molar-refractivity contribution < 1.29 is 78.1 Å². The van der Waals surface area contributed by atoms with Crippen LogP contribution in [0.25, 0.3) is 0 Å². The molecule has 8 N–H and O–H groups in total. The first-order valence-corrected chi connectivity index (χ1v) is 24.7. The first kappa shape index (κ1) is 56.1. The summed E-state index contributed by atoms with van der Waals surface area (Å²) in [5, 5.41) is 78.5. The number of phosphoric acid groups is 1. The Bertz CT molecular complexity index is 1360. The summed E-state index contributed by atoms with van der Waals surface area (Å²) in [7, 11) is -5.45. The average Bonchev–Trinajstić information content (AvgIpc) is 3.23. The maximum Gasteiger partial charge on any atom is 0.472 e. The number of aliphatic hydroxyl groups excluding tert-OH is 7. The van der Waals surface area contributed by atoms with E-state index < -0.39 is 112 Å². The van der Waals surface area contributed by atoms with E-state index in [0.29, 0.717) is 32.1 Å². The first-order chi connectivity index (χ1) is 29.6. The summed E-state index contributed by atoms with van der Waals surface area (Å²) in [6.07, 6.45) is 4.66. The zero-order chi connectivity index (χ0) is 45.9. The number of unbranched alkanes of at least 4 members (excludes halogenated alkanes) is 14. The molecule has 1 aliphatic heterocycles. The molecule has 0 saturated heterocycles. The van der Waals surface area contributed by atoms with Crippen molar-refractivity contribution in [1.29, 1.82) is 0 Å². The summed E-state index contributed by atoms with van der Waals surface area (Å²) in [6.45, 7) is 2.79. The number of ketones is 1. The molecular weight excluding hydrogens is 827 g/mol. The van der Waals surface area contributed by atoms with Crippen LogP contribution in [0.4, 0.5) is 0 Å². The van der Waals surface area contributed by atoms with Crippen molar-refractivity contribution in [2.45, 2.75) is 216 Å². The number of phosphoric ester groups is 1. The zero-order valence-corrected chi connectivity index (χ0v) is 38.0. The molecule has 0 spiro atoms. The monoisotopic (exact) mass is 907 g/mol. The summed E-state index contributed by atoms with van der Waals surface area (Å²) < 4.78 is 34.6. The number of allylic oxidation sites excluding steroid dienone is 2. The number of fused-ring (bicyclic) bond motifs is 4. The molecular formula is C45H79O16P. The topological polar surface area (TPSA) is 267 Å². The molecule has 1 fully saturated rings. The van der Waals surface area contributed by atoms with Gasteiger partial charge in [0.1, 0.15) is 36.8 Å². The number of ether oxygens (including phenoxy) is 2. The quantitative estimate of drug-likeness (QED) is 0.0309. The van der Waals surface area contributed by atoms with Crippen LogP contribution in [0.15, 0.2) is 24.3 Å². The molecule has 2 rings (SSSR count). The van der Waals surface area contributed by atoms with Crippen LogP contribution in [-0.2, 0) is 37.5 Å². The fraction of sp³-hybridized carbons (Fsp3) is 0.844. The smallest absolute Gasteiger partial charge is 0.462 e. The van der Waals surface area contributed by atoms with Gasteiger partial charge in [-0.05, 0) is 32.1 Å². The summed E-state index contributed by atoms with van der Waals surface area (Å²) in [5.74, 6) is -5.08. The lowest BCUT2D eigenvalue weighted by molar-refractivity contribution is -0.166. The zero-order valence-electron chi connectivity index (χ0n) is 37.1. The first-order valence-electron chi connectivity index (χ1n) is 23.2. The Morgan fingerprint density at radius 1 is 0.790 bits per heavy atom. The Balaban J connectivity index is 2.25. The van der Waals surface area contributed by atoms with Crippen LogP contribution in [0.5, 0.6) is 0 Å². The highest BCUT2D eigenvalue weighted by atomic mass is 31.2. The fourth-order valence-corrected chi connectivity index (χ4v) is 8.73. The van der Waals surface area contributed by atoms with E-state index in [9.17, 15) is 59.6 Å². The minimum Gasteiger partial charge on any atom is -0.462 e. The van der Waals surface area contributed by atoms with Gasteiger partial charge in [-0.15, -0.1) is 0 Å². The number of hydrogen-bond donors (Lipinski definition) is 8. The van der Waals surface area contributed by atoms with Crippen molar-refractivity contribution in [2.75, 3.05) is 13.2 Å². The van der Waals surface area contributed by atoms with Crippen molar-refractivity contribution in [2.24, 2.45) is 11.8 Å². The van der Waals surface area contributed by atoms with Gasteiger partial charge >= 0.3 is 19.8 Å². The molecule has 62 heavy (non-hydrogen) atoms. The third-order valence-corrected chi connectivity index (χ3v) is 12.6. The summed E-state index contributed by atoms with van der Waals surface area (Å²) >= 11 is 0. The third-order valence-electron chi connectivity index (χ3n) is 11.7. The van der Waals surface area contributed by atoms with E-state index in [1.807, 2.05) is 6.92 Å². The van der Waals surface area contributed by atoms with Gasteiger partial charge in [-0.2, -0.15) is 0 Å². The maximum atomic E-state index is 13.6. The second-order valence-corrected chi connectivity index (χ2v) is 18.4. The highest BCUT2D eigenvalue weighted by molar-refractivity contribution is 7.47. The molecule has 0 aromatic carbocycles. The second kappa shape index (κ2) is 31.7. The molecule has 0 aromatic rings. The van der Waals surface area contributed by atoms with E-state index in [1.54, 1.807) is 6.08 Å².